The van der Waals surface area contributed by atoms with E-state index in [9.17, 15) is 0 Å². The van der Waals surface area contributed by atoms with E-state index in [-0.39, 0.29) is 0 Å². The monoisotopic (exact) mass is 348 g/mol. The Labute approximate surface area is 135 Å². The zero-order chi connectivity index (χ0) is 14.9. The van der Waals surface area contributed by atoms with Crippen molar-refractivity contribution >= 4 is 15.9 Å². The fourth-order valence-corrected chi connectivity index (χ4v) is 2.65. The lowest BCUT2D eigenvalue weighted by Gasteiger charge is -2.07. The minimum atomic E-state index is 0.667. The molecule has 2 aromatic carbocycles. The lowest BCUT2D eigenvalue weighted by molar-refractivity contribution is 0.124. The van der Waals surface area contributed by atoms with Crippen molar-refractivity contribution in [3.8, 4) is 5.75 Å². The standard InChI is InChI=1S/C18H21BrO2/c1-20-18-7-3-5-16(13-18)9-11-21-14-17-6-2-4-15(12-17)8-10-19/h2-7,12-13H,8-11,14H2,1H3. The summed E-state index contributed by atoms with van der Waals surface area (Å²) >= 11 is 3.47. The van der Waals surface area contributed by atoms with Gasteiger partial charge in [0.05, 0.1) is 20.3 Å². The van der Waals surface area contributed by atoms with Gasteiger partial charge in [-0.3, -0.25) is 0 Å². The smallest absolute Gasteiger partial charge is 0.119 e. The maximum Gasteiger partial charge on any atom is 0.119 e. The molecule has 0 N–H and O–H groups in total. The van der Waals surface area contributed by atoms with Crippen molar-refractivity contribution in [3.63, 3.8) is 0 Å². The van der Waals surface area contributed by atoms with Crippen LogP contribution < -0.4 is 4.74 Å². The summed E-state index contributed by atoms with van der Waals surface area (Å²) in [4.78, 5) is 0. The molecule has 3 heteroatoms. The highest BCUT2D eigenvalue weighted by atomic mass is 79.9. The highest BCUT2D eigenvalue weighted by molar-refractivity contribution is 9.09. The van der Waals surface area contributed by atoms with E-state index in [0.717, 1.165) is 30.5 Å². The van der Waals surface area contributed by atoms with Gasteiger partial charge in [0.15, 0.2) is 0 Å². The third-order valence-corrected chi connectivity index (χ3v) is 3.71. The minimum absolute atomic E-state index is 0.667. The number of benzene rings is 2. The van der Waals surface area contributed by atoms with Crippen LogP contribution in [0.2, 0.25) is 0 Å². The van der Waals surface area contributed by atoms with Gasteiger partial charge in [-0.15, -0.1) is 0 Å². The van der Waals surface area contributed by atoms with Crippen LogP contribution in [0.15, 0.2) is 48.5 Å². The summed E-state index contributed by atoms with van der Waals surface area (Å²) in [6.45, 7) is 1.38. The molecule has 0 fully saturated rings. The number of ether oxygens (including phenoxy) is 2. The number of rotatable bonds is 8. The van der Waals surface area contributed by atoms with Gasteiger partial charge in [0.25, 0.3) is 0 Å². The molecule has 0 aromatic heterocycles. The van der Waals surface area contributed by atoms with Crippen molar-refractivity contribution in [3.05, 3.63) is 65.2 Å². The van der Waals surface area contributed by atoms with Gasteiger partial charge in [-0.1, -0.05) is 52.3 Å². The first kappa shape index (κ1) is 16.1. The topological polar surface area (TPSA) is 18.5 Å². The van der Waals surface area contributed by atoms with Gasteiger partial charge >= 0.3 is 0 Å². The Hall–Kier alpha value is -1.32. The molecular formula is C18H21BrO2. The Morgan fingerprint density at radius 1 is 0.905 bits per heavy atom. The van der Waals surface area contributed by atoms with E-state index in [1.54, 1.807) is 7.11 Å². The van der Waals surface area contributed by atoms with Crippen molar-refractivity contribution in [1.29, 1.82) is 0 Å². The average Bonchev–Trinajstić information content (AvgIpc) is 2.52. The Kier molecular flexibility index (Phi) is 6.77. The molecule has 0 bridgehead atoms. The number of hydrogen-bond donors (Lipinski definition) is 0. The van der Waals surface area contributed by atoms with Crippen molar-refractivity contribution in [2.45, 2.75) is 19.4 Å². The summed E-state index contributed by atoms with van der Waals surface area (Å²) in [5.41, 5.74) is 3.82. The molecule has 0 radical (unpaired) electrons. The molecule has 0 atom stereocenters. The predicted molar refractivity (Wildman–Crippen MR) is 90.3 cm³/mol. The molecule has 0 saturated heterocycles. The summed E-state index contributed by atoms with van der Waals surface area (Å²) < 4.78 is 11.0. The van der Waals surface area contributed by atoms with Crippen LogP contribution in [0.5, 0.6) is 5.75 Å². The highest BCUT2D eigenvalue weighted by Gasteiger charge is 1.99. The van der Waals surface area contributed by atoms with E-state index < -0.39 is 0 Å². The second kappa shape index (κ2) is 8.85. The van der Waals surface area contributed by atoms with Gasteiger partial charge in [0.2, 0.25) is 0 Å². The first-order valence-electron chi connectivity index (χ1n) is 7.16. The van der Waals surface area contributed by atoms with E-state index in [1.807, 2.05) is 12.1 Å². The number of methoxy groups -OCH3 is 1. The summed E-state index contributed by atoms with van der Waals surface area (Å²) in [7, 11) is 1.69. The van der Waals surface area contributed by atoms with Crippen LogP contribution in [-0.2, 0) is 24.2 Å². The van der Waals surface area contributed by atoms with Crippen LogP contribution in [0.3, 0.4) is 0 Å². The van der Waals surface area contributed by atoms with Crippen molar-refractivity contribution < 1.29 is 9.47 Å². The number of aryl methyl sites for hydroxylation is 1. The molecule has 0 amide bonds. The minimum Gasteiger partial charge on any atom is -0.497 e. The van der Waals surface area contributed by atoms with Crippen LogP contribution in [0.25, 0.3) is 0 Å². The lowest BCUT2D eigenvalue weighted by atomic mass is 10.1. The second-order valence-corrected chi connectivity index (χ2v) is 5.71. The fraction of sp³-hybridized carbons (Fsp3) is 0.333. The number of halogens is 1. The zero-order valence-electron chi connectivity index (χ0n) is 12.3. The molecule has 0 aliphatic carbocycles. The van der Waals surface area contributed by atoms with Crippen molar-refractivity contribution in [1.82, 2.24) is 0 Å². The summed E-state index contributed by atoms with van der Waals surface area (Å²) in [6, 6.07) is 16.7. The molecule has 2 rings (SSSR count). The molecule has 0 aliphatic heterocycles. The Morgan fingerprint density at radius 3 is 2.38 bits per heavy atom. The van der Waals surface area contributed by atoms with Crippen molar-refractivity contribution in [2.75, 3.05) is 19.0 Å². The zero-order valence-corrected chi connectivity index (χ0v) is 13.9. The van der Waals surface area contributed by atoms with Gasteiger partial charge in [0, 0.05) is 5.33 Å². The molecule has 0 saturated carbocycles. The molecule has 21 heavy (non-hydrogen) atoms. The molecule has 0 aliphatic rings. The Balaban J connectivity index is 1.77. The van der Waals surface area contributed by atoms with Crippen LogP contribution in [0.4, 0.5) is 0 Å². The first-order valence-corrected chi connectivity index (χ1v) is 8.28. The predicted octanol–water partition coefficient (Wildman–Crippen LogP) is 4.39. The van der Waals surface area contributed by atoms with E-state index in [1.165, 1.54) is 16.7 Å². The van der Waals surface area contributed by atoms with Crippen LogP contribution >= 0.6 is 15.9 Å². The Morgan fingerprint density at radius 2 is 1.62 bits per heavy atom. The molecular weight excluding hydrogens is 328 g/mol. The van der Waals surface area contributed by atoms with E-state index >= 15 is 0 Å². The first-order chi connectivity index (χ1) is 10.3. The quantitative estimate of drug-likeness (QED) is 0.520. The van der Waals surface area contributed by atoms with Gasteiger partial charge in [-0.05, 0) is 41.7 Å². The average molecular weight is 349 g/mol. The van der Waals surface area contributed by atoms with Gasteiger partial charge in [-0.2, -0.15) is 0 Å². The fourth-order valence-electron chi connectivity index (χ4n) is 2.19. The SMILES string of the molecule is COc1cccc(CCOCc2cccc(CCBr)c2)c1. The third kappa shape index (κ3) is 5.52. The maximum atomic E-state index is 5.78. The normalized spacial score (nSPS) is 10.6. The molecule has 2 nitrogen and oxygen atoms in total. The van der Waals surface area contributed by atoms with Gasteiger partial charge in [0.1, 0.15) is 5.75 Å². The lowest BCUT2D eigenvalue weighted by Crippen LogP contribution is -2.00. The van der Waals surface area contributed by atoms with Gasteiger partial charge in [-0.25, -0.2) is 0 Å². The Bertz CT molecular complexity index is 554. The molecule has 0 heterocycles. The van der Waals surface area contributed by atoms with Crippen molar-refractivity contribution in [2.24, 2.45) is 0 Å². The van der Waals surface area contributed by atoms with E-state index in [0.29, 0.717) is 6.61 Å². The van der Waals surface area contributed by atoms with Crippen LogP contribution in [-0.4, -0.2) is 19.0 Å². The molecule has 112 valence electrons. The summed E-state index contributed by atoms with van der Waals surface area (Å²) in [6.07, 6.45) is 1.95. The van der Waals surface area contributed by atoms with Crippen LogP contribution in [0, 0.1) is 0 Å². The summed E-state index contributed by atoms with van der Waals surface area (Å²) in [5, 5.41) is 0.993. The maximum absolute atomic E-state index is 5.78. The highest BCUT2D eigenvalue weighted by Crippen LogP contribution is 2.13. The van der Waals surface area contributed by atoms with Crippen LogP contribution in [0.1, 0.15) is 16.7 Å². The van der Waals surface area contributed by atoms with E-state index in [4.69, 9.17) is 9.47 Å². The third-order valence-electron chi connectivity index (χ3n) is 3.31. The summed E-state index contributed by atoms with van der Waals surface area (Å²) in [5.74, 6) is 0.898. The molecule has 2 aromatic rings. The number of alkyl halides is 1. The number of hydrogen-bond acceptors (Lipinski definition) is 2. The van der Waals surface area contributed by atoms with E-state index in [2.05, 4.69) is 52.3 Å². The largest absolute Gasteiger partial charge is 0.497 e. The van der Waals surface area contributed by atoms with Gasteiger partial charge < -0.3 is 9.47 Å². The molecule has 0 spiro atoms. The second-order valence-electron chi connectivity index (χ2n) is 4.91. The molecule has 0 unspecified atom stereocenters.